The van der Waals surface area contributed by atoms with Crippen LogP contribution < -0.4 is 0 Å². The number of carbonyl (C=O) groups is 1. The molecular weight excluding hydrogens is 246 g/mol. The maximum Gasteiger partial charge on any atom is 0.222 e. The van der Waals surface area contributed by atoms with Gasteiger partial charge in [-0.05, 0) is 44.7 Å². The molecule has 0 aromatic carbocycles. The van der Waals surface area contributed by atoms with Crippen LogP contribution in [-0.2, 0) is 11.2 Å². The number of aryl methyl sites for hydroxylation is 3. The zero-order chi connectivity index (χ0) is 13.1. The molecule has 0 bridgehead atoms. The number of nitrogens with zero attached hydrogens (tertiary/aromatic N) is 1. The molecule has 0 unspecified atom stereocenters. The average Bonchev–Trinajstić information content (AvgIpc) is 2.86. The molecule has 0 radical (unpaired) electrons. The van der Waals surface area contributed by atoms with E-state index in [9.17, 15) is 9.90 Å². The molecule has 1 N–H and O–H groups in total. The SMILES string of the molecule is Cc1cc(CCCC(=O)N2CC[C@H](O)C2)c(C)s1. The summed E-state index contributed by atoms with van der Waals surface area (Å²) in [6, 6.07) is 2.23. The molecule has 1 aliphatic heterocycles. The number of rotatable bonds is 4. The predicted molar refractivity (Wildman–Crippen MR) is 73.9 cm³/mol. The van der Waals surface area contributed by atoms with Crippen LogP contribution >= 0.6 is 11.3 Å². The summed E-state index contributed by atoms with van der Waals surface area (Å²) in [5, 5.41) is 9.40. The molecule has 1 aromatic rings. The number of hydrogen-bond acceptors (Lipinski definition) is 3. The van der Waals surface area contributed by atoms with Gasteiger partial charge in [-0.3, -0.25) is 4.79 Å². The minimum absolute atomic E-state index is 0.191. The first-order chi connectivity index (χ1) is 8.56. The van der Waals surface area contributed by atoms with Gasteiger partial charge in [0.15, 0.2) is 0 Å². The van der Waals surface area contributed by atoms with Gasteiger partial charge in [-0.2, -0.15) is 0 Å². The number of carbonyl (C=O) groups excluding carboxylic acids is 1. The summed E-state index contributed by atoms with van der Waals surface area (Å²) < 4.78 is 0. The van der Waals surface area contributed by atoms with Crippen molar-refractivity contribution < 1.29 is 9.90 Å². The standard InChI is InChI=1S/C14H21NO2S/c1-10-8-12(11(2)18-10)4-3-5-14(17)15-7-6-13(16)9-15/h8,13,16H,3-7,9H2,1-2H3/t13-/m0/s1. The largest absolute Gasteiger partial charge is 0.391 e. The second-order valence-corrected chi connectivity index (χ2v) is 6.53. The van der Waals surface area contributed by atoms with Gasteiger partial charge in [0.2, 0.25) is 5.91 Å². The fourth-order valence-electron chi connectivity index (χ4n) is 2.49. The van der Waals surface area contributed by atoms with Crippen molar-refractivity contribution in [2.24, 2.45) is 0 Å². The Morgan fingerprint density at radius 1 is 1.56 bits per heavy atom. The summed E-state index contributed by atoms with van der Waals surface area (Å²) in [4.78, 5) is 16.4. The topological polar surface area (TPSA) is 40.5 Å². The van der Waals surface area contributed by atoms with Crippen LogP contribution in [0.4, 0.5) is 0 Å². The lowest BCUT2D eigenvalue weighted by Gasteiger charge is -2.15. The van der Waals surface area contributed by atoms with Crippen molar-refractivity contribution >= 4 is 17.2 Å². The monoisotopic (exact) mass is 267 g/mol. The van der Waals surface area contributed by atoms with Crippen LogP contribution in [0.2, 0.25) is 0 Å². The van der Waals surface area contributed by atoms with Crippen LogP contribution in [0.25, 0.3) is 0 Å². The molecular formula is C14H21NO2S. The third kappa shape index (κ3) is 3.33. The Bertz CT molecular complexity index is 427. The zero-order valence-corrected chi connectivity index (χ0v) is 11.9. The van der Waals surface area contributed by atoms with Gasteiger partial charge < -0.3 is 10.0 Å². The Labute approximate surface area is 112 Å². The summed E-state index contributed by atoms with van der Waals surface area (Å²) >= 11 is 1.83. The van der Waals surface area contributed by atoms with E-state index in [1.807, 2.05) is 11.3 Å². The number of thiophene rings is 1. The molecule has 18 heavy (non-hydrogen) atoms. The van der Waals surface area contributed by atoms with Gasteiger partial charge in [0.1, 0.15) is 0 Å². The Morgan fingerprint density at radius 3 is 2.89 bits per heavy atom. The molecule has 0 spiro atoms. The van der Waals surface area contributed by atoms with E-state index in [1.165, 1.54) is 15.3 Å². The number of aliphatic hydroxyl groups is 1. The Balaban J connectivity index is 1.75. The van der Waals surface area contributed by atoms with E-state index < -0.39 is 0 Å². The highest BCUT2D eigenvalue weighted by Gasteiger charge is 2.23. The second-order valence-electron chi connectivity index (χ2n) is 5.07. The first-order valence-electron chi connectivity index (χ1n) is 6.58. The average molecular weight is 267 g/mol. The van der Waals surface area contributed by atoms with Crippen molar-refractivity contribution in [2.45, 2.75) is 45.6 Å². The van der Waals surface area contributed by atoms with Crippen LogP contribution in [0.5, 0.6) is 0 Å². The lowest BCUT2D eigenvalue weighted by atomic mass is 10.1. The van der Waals surface area contributed by atoms with Gasteiger partial charge in [0.05, 0.1) is 6.10 Å². The van der Waals surface area contributed by atoms with Gasteiger partial charge in [0.25, 0.3) is 0 Å². The molecule has 100 valence electrons. The summed E-state index contributed by atoms with van der Waals surface area (Å²) in [5.74, 6) is 0.191. The van der Waals surface area contributed by atoms with Crippen molar-refractivity contribution in [1.29, 1.82) is 0 Å². The fraction of sp³-hybridized carbons (Fsp3) is 0.643. The normalized spacial score (nSPS) is 19.5. The van der Waals surface area contributed by atoms with E-state index in [1.54, 1.807) is 4.90 Å². The first-order valence-corrected chi connectivity index (χ1v) is 7.39. The summed E-state index contributed by atoms with van der Waals surface area (Å²) in [6.07, 6.45) is 2.91. The lowest BCUT2D eigenvalue weighted by molar-refractivity contribution is -0.130. The Kier molecular flexibility index (Phi) is 4.40. The summed E-state index contributed by atoms with van der Waals surface area (Å²) in [5.41, 5.74) is 1.38. The number of aliphatic hydroxyl groups excluding tert-OH is 1. The Hall–Kier alpha value is -0.870. The molecule has 1 aromatic heterocycles. The van der Waals surface area contributed by atoms with Crippen LogP contribution in [0.1, 0.15) is 34.6 Å². The van der Waals surface area contributed by atoms with Gasteiger partial charge >= 0.3 is 0 Å². The highest BCUT2D eigenvalue weighted by atomic mass is 32.1. The molecule has 0 aliphatic carbocycles. The lowest BCUT2D eigenvalue weighted by Crippen LogP contribution is -2.29. The number of hydrogen-bond donors (Lipinski definition) is 1. The molecule has 1 amide bonds. The van der Waals surface area contributed by atoms with E-state index >= 15 is 0 Å². The van der Waals surface area contributed by atoms with Crippen LogP contribution in [-0.4, -0.2) is 35.1 Å². The van der Waals surface area contributed by atoms with Crippen LogP contribution in [0.3, 0.4) is 0 Å². The highest BCUT2D eigenvalue weighted by molar-refractivity contribution is 7.12. The third-order valence-electron chi connectivity index (χ3n) is 3.50. The smallest absolute Gasteiger partial charge is 0.222 e. The third-order valence-corrected chi connectivity index (χ3v) is 4.50. The zero-order valence-electron chi connectivity index (χ0n) is 11.1. The summed E-state index contributed by atoms with van der Waals surface area (Å²) in [7, 11) is 0. The summed E-state index contributed by atoms with van der Waals surface area (Å²) in [6.45, 7) is 5.51. The van der Waals surface area contributed by atoms with Crippen LogP contribution in [0.15, 0.2) is 6.07 Å². The Morgan fingerprint density at radius 2 is 2.33 bits per heavy atom. The first kappa shape index (κ1) is 13.6. The quantitative estimate of drug-likeness (QED) is 0.909. The molecule has 1 aliphatic rings. The highest BCUT2D eigenvalue weighted by Crippen LogP contribution is 2.22. The fourth-order valence-corrected chi connectivity index (χ4v) is 3.46. The second kappa shape index (κ2) is 5.85. The number of amides is 1. The predicted octanol–water partition coefficient (Wildman–Crippen LogP) is 2.28. The van der Waals surface area contributed by atoms with E-state index in [0.717, 1.165) is 25.8 Å². The number of β-amino-alcohol motifs (C(OH)–C–C–N with tert-alkyl or cyclic N) is 1. The molecule has 0 saturated carbocycles. The van der Waals surface area contributed by atoms with Crippen molar-refractivity contribution in [2.75, 3.05) is 13.1 Å². The maximum absolute atomic E-state index is 11.9. The van der Waals surface area contributed by atoms with Gasteiger partial charge in [-0.25, -0.2) is 0 Å². The molecule has 1 fully saturated rings. The van der Waals surface area contributed by atoms with E-state index in [0.29, 0.717) is 13.0 Å². The molecule has 4 heteroatoms. The van der Waals surface area contributed by atoms with E-state index in [-0.39, 0.29) is 12.0 Å². The number of likely N-dealkylation sites (tertiary alicyclic amines) is 1. The van der Waals surface area contributed by atoms with Gasteiger partial charge in [-0.15, -0.1) is 11.3 Å². The van der Waals surface area contributed by atoms with E-state index in [2.05, 4.69) is 19.9 Å². The molecule has 3 nitrogen and oxygen atoms in total. The van der Waals surface area contributed by atoms with E-state index in [4.69, 9.17) is 0 Å². The maximum atomic E-state index is 11.9. The molecule has 2 rings (SSSR count). The van der Waals surface area contributed by atoms with Crippen molar-refractivity contribution in [3.8, 4) is 0 Å². The molecule has 2 heterocycles. The minimum Gasteiger partial charge on any atom is -0.391 e. The van der Waals surface area contributed by atoms with Crippen molar-refractivity contribution in [3.63, 3.8) is 0 Å². The molecule has 1 saturated heterocycles. The van der Waals surface area contributed by atoms with Crippen LogP contribution in [0, 0.1) is 13.8 Å². The molecule has 1 atom stereocenters. The van der Waals surface area contributed by atoms with Crippen molar-refractivity contribution in [3.05, 3.63) is 21.4 Å². The minimum atomic E-state index is -0.310. The van der Waals surface area contributed by atoms with Crippen molar-refractivity contribution in [1.82, 2.24) is 4.90 Å². The van der Waals surface area contributed by atoms with Gasteiger partial charge in [0, 0.05) is 29.3 Å². The van der Waals surface area contributed by atoms with Gasteiger partial charge in [-0.1, -0.05) is 0 Å².